The molecule has 0 radical (unpaired) electrons. The van der Waals surface area contributed by atoms with Gasteiger partial charge in [0.05, 0.1) is 0 Å². The predicted octanol–water partition coefficient (Wildman–Crippen LogP) is 3.56. The Morgan fingerprint density at radius 3 is 2.46 bits per heavy atom. The smallest absolute Gasteiger partial charge is 0.241 e. The second-order valence-electron chi connectivity index (χ2n) is 7.00. The first-order chi connectivity index (χ1) is 13.0. The molecule has 1 aromatic carbocycles. The highest BCUT2D eigenvalue weighted by molar-refractivity contribution is 14.0. The fourth-order valence-corrected chi connectivity index (χ4v) is 3.45. The number of hydrogen-bond acceptors (Lipinski definition) is 3. The molecule has 0 aliphatic heterocycles. The molecule has 2 rings (SSSR count). The Kier molecular flexibility index (Phi) is 11.1. The van der Waals surface area contributed by atoms with Crippen molar-refractivity contribution < 1.29 is 4.79 Å². The van der Waals surface area contributed by atoms with E-state index in [-0.39, 0.29) is 41.8 Å². The van der Waals surface area contributed by atoms with Crippen molar-refractivity contribution in [2.24, 2.45) is 4.99 Å². The van der Waals surface area contributed by atoms with Crippen molar-refractivity contribution in [1.29, 1.82) is 0 Å². The monoisotopic (exact) mass is 514 g/mol. The molecule has 0 aliphatic rings. The number of benzene rings is 1. The van der Waals surface area contributed by atoms with Crippen molar-refractivity contribution in [3.63, 3.8) is 0 Å². The maximum atomic E-state index is 12.1. The van der Waals surface area contributed by atoms with E-state index in [2.05, 4.69) is 64.4 Å². The molecule has 0 bridgehead atoms. The normalized spacial score (nSPS) is 11.5. The number of carbonyl (C=O) groups is 1. The molecule has 3 N–H and O–H groups in total. The molecular weight excluding hydrogens is 483 g/mol. The summed E-state index contributed by atoms with van der Waals surface area (Å²) in [5.41, 5.74) is 1.22. The van der Waals surface area contributed by atoms with Crippen LogP contribution in [0.25, 0.3) is 0 Å². The number of halogens is 1. The maximum Gasteiger partial charge on any atom is 0.241 e. The van der Waals surface area contributed by atoms with Crippen LogP contribution in [0, 0.1) is 0 Å². The summed E-state index contributed by atoms with van der Waals surface area (Å²) in [6.07, 6.45) is 0.823. The SMILES string of the molecule is CCNC(=NCC(=O)NCCc1ccccc1)NCC(C)(C)c1cccs1.I. The van der Waals surface area contributed by atoms with Crippen LogP contribution in [0.2, 0.25) is 0 Å². The van der Waals surface area contributed by atoms with Gasteiger partial charge in [-0.15, -0.1) is 35.3 Å². The van der Waals surface area contributed by atoms with Crippen LogP contribution < -0.4 is 16.0 Å². The van der Waals surface area contributed by atoms with E-state index in [1.807, 2.05) is 25.1 Å². The fraction of sp³-hybridized carbons (Fsp3) is 0.429. The van der Waals surface area contributed by atoms with Gasteiger partial charge in [0, 0.05) is 29.9 Å². The Labute approximate surface area is 189 Å². The van der Waals surface area contributed by atoms with Gasteiger partial charge in [0.2, 0.25) is 5.91 Å². The predicted molar refractivity (Wildman–Crippen MR) is 130 cm³/mol. The number of aliphatic imine (C=N–C) groups is 1. The van der Waals surface area contributed by atoms with Crippen molar-refractivity contribution in [3.8, 4) is 0 Å². The standard InChI is InChI=1S/C21H30N4OS.HI/c1-4-22-20(25-16-21(2,3)18-11-8-14-27-18)24-15-19(26)23-13-12-17-9-6-5-7-10-17;/h5-11,14H,4,12-13,15-16H2,1-3H3,(H,23,26)(H2,22,24,25);1H. The van der Waals surface area contributed by atoms with Crippen molar-refractivity contribution in [1.82, 2.24) is 16.0 Å². The van der Waals surface area contributed by atoms with E-state index in [0.29, 0.717) is 12.5 Å². The first-order valence-electron chi connectivity index (χ1n) is 9.38. The lowest BCUT2D eigenvalue weighted by Crippen LogP contribution is -2.43. The first kappa shape index (κ1) is 24.4. The number of nitrogens with zero attached hydrogens (tertiary/aromatic N) is 1. The molecule has 0 saturated carbocycles. The molecule has 1 aromatic heterocycles. The van der Waals surface area contributed by atoms with Crippen LogP contribution in [0.5, 0.6) is 0 Å². The second-order valence-corrected chi connectivity index (χ2v) is 7.94. The van der Waals surface area contributed by atoms with Gasteiger partial charge in [0.1, 0.15) is 6.54 Å². The van der Waals surface area contributed by atoms with Crippen LogP contribution in [0.15, 0.2) is 52.8 Å². The summed E-state index contributed by atoms with van der Waals surface area (Å²) in [4.78, 5) is 17.8. The number of nitrogens with one attached hydrogen (secondary N) is 3. The number of amides is 1. The largest absolute Gasteiger partial charge is 0.357 e. The molecule has 0 unspecified atom stereocenters. The van der Waals surface area contributed by atoms with Crippen LogP contribution in [-0.4, -0.2) is 38.0 Å². The van der Waals surface area contributed by atoms with Crippen LogP contribution in [0.1, 0.15) is 31.2 Å². The van der Waals surface area contributed by atoms with Gasteiger partial charge in [-0.3, -0.25) is 4.79 Å². The molecule has 1 amide bonds. The molecule has 1 heterocycles. The third-order valence-electron chi connectivity index (χ3n) is 4.19. The average molecular weight is 514 g/mol. The van der Waals surface area contributed by atoms with E-state index in [4.69, 9.17) is 0 Å². The number of hydrogen-bond donors (Lipinski definition) is 3. The summed E-state index contributed by atoms with van der Waals surface area (Å²) in [6.45, 7) is 8.64. The summed E-state index contributed by atoms with van der Waals surface area (Å²) in [6, 6.07) is 14.4. The van der Waals surface area contributed by atoms with Crippen molar-refractivity contribution in [2.45, 2.75) is 32.6 Å². The Hall–Kier alpha value is -1.61. The summed E-state index contributed by atoms with van der Waals surface area (Å²) in [5, 5.41) is 11.6. The van der Waals surface area contributed by atoms with Gasteiger partial charge < -0.3 is 16.0 Å². The minimum atomic E-state index is -0.0688. The zero-order chi connectivity index (χ0) is 19.5. The van der Waals surface area contributed by atoms with Gasteiger partial charge in [-0.2, -0.15) is 0 Å². The molecular formula is C21H31IN4OS. The topological polar surface area (TPSA) is 65.5 Å². The summed E-state index contributed by atoms with van der Waals surface area (Å²) < 4.78 is 0. The van der Waals surface area contributed by atoms with Crippen LogP contribution in [-0.2, 0) is 16.6 Å². The molecule has 0 fully saturated rings. The van der Waals surface area contributed by atoms with Crippen molar-refractivity contribution in [2.75, 3.05) is 26.2 Å². The molecule has 2 aromatic rings. The third-order valence-corrected chi connectivity index (χ3v) is 5.43. The highest BCUT2D eigenvalue weighted by atomic mass is 127. The lowest BCUT2D eigenvalue weighted by Gasteiger charge is -2.25. The molecule has 0 spiro atoms. The Morgan fingerprint density at radius 1 is 1.07 bits per heavy atom. The highest BCUT2D eigenvalue weighted by Crippen LogP contribution is 2.26. The van der Waals surface area contributed by atoms with Gasteiger partial charge in [-0.25, -0.2) is 4.99 Å². The number of rotatable bonds is 9. The second kappa shape index (κ2) is 12.8. The fourth-order valence-electron chi connectivity index (χ4n) is 2.59. The average Bonchev–Trinajstić information content (AvgIpc) is 3.21. The Balaban J connectivity index is 0.00000392. The zero-order valence-corrected chi connectivity index (χ0v) is 20.0. The lowest BCUT2D eigenvalue weighted by atomic mass is 9.91. The van der Waals surface area contributed by atoms with Gasteiger partial charge in [-0.05, 0) is 30.4 Å². The summed E-state index contributed by atoms with van der Waals surface area (Å²) in [7, 11) is 0. The molecule has 28 heavy (non-hydrogen) atoms. The highest BCUT2D eigenvalue weighted by Gasteiger charge is 2.21. The van der Waals surface area contributed by atoms with Gasteiger partial charge in [0.15, 0.2) is 5.96 Å². The Bertz CT molecular complexity index is 717. The molecule has 0 aliphatic carbocycles. The van der Waals surface area contributed by atoms with Crippen molar-refractivity contribution >= 4 is 47.2 Å². The Morgan fingerprint density at radius 2 is 1.82 bits per heavy atom. The minimum absolute atomic E-state index is 0. The van der Waals surface area contributed by atoms with Crippen LogP contribution in [0.4, 0.5) is 0 Å². The zero-order valence-electron chi connectivity index (χ0n) is 16.8. The first-order valence-corrected chi connectivity index (χ1v) is 10.3. The number of thiophene rings is 1. The van der Waals surface area contributed by atoms with E-state index < -0.39 is 0 Å². The lowest BCUT2D eigenvalue weighted by molar-refractivity contribution is -0.119. The van der Waals surface area contributed by atoms with Gasteiger partial charge in [0.25, 0.3) is 0 Å². The maximum absolute atomic E-state index is 12.1. The third kappa shape index (κ3) is 8.60. The van der Waals surface area contributed by atoms with Crippen LogP contribution >= 0.6 is 35.3 Å². The molecule has 7 heteroatoms. The number of guanidine groups is 1. The van der Waals surface area contributed by atoms with E-state index in [0.717, 1.165) is 19.5 Å². The van der Waals surface area contributed by atoms with Crippen LogP contribution in [0.3, 0.4) is 0 Å². The summed E-state index contributed by atoms with van der Waals surface area (Å²) >= 11 is 1.76. The van der Waals surface area contributed by atoms with Gasteiger partial charge in [-0.1, -0.05) is 50.2 Å². The van der Waals surface area contributed by atoms with Gasteiger partial charge >= 0.3 is 0 Å². The molecule has 154 valence electrons. The number of carbonyl (C=O) groups excluding carboxylic acids is 1. The van der Waals surface area contributed by atoms with E-state index in [1.165, 1.54) is 10.4 Å². The summed E-state index contributed by atoms with van der Waals surface area (Å²) in [5.74, 6) is 0.598. The van der Waals surface area contributed by atoms with E-state index >= 15 is 0 Å². The van der Waals surface area contributed by atoms with E-state index in [9.17, 15) is 4.79 Å². The molecule has 0 atom stereocenters. The minimum Gasteiger partial charge on any atom is -0.357 e. The molecule has 0 saturated heterocycles. The quantitative estimate of drug-likeness (QED) is 0.273. The van der Waals surface area contributed by atoms with Crippen molar-refractivity contribution in [3.05, 3.63) is 58.3 Å². The van der Waals surface area contributed by atoms with E-state index in [1.54, 1.807) is 11.3 Å². The molecule has 5 nitrogen and oxygen atoms in total.